The first-order chi connectivity index (χ1) is 12.9. The van der Waals surface area contributed by atoms with Crippen molar-refractivity contribution in [2.75, 3.05) is 19.8 Å². The number of rotatable bonds is 8. The molecule has 0 saturated heterocycles. The molecule has 2 rings (SSSR count). The van der Waals surface area contributed by atoms with E-state index >= 15 is 0 Å². The highest BCUT2D eigenvalue weighted by Gasteiger charge is 2.17. The molecule has 27 heavy (non-hydrogen) atoms. The van der Waals surface area contributed by atoms with E-state index in [0.29, 0.717) is 24.3 Å². The lowest BCUT2D eigenvalue weighted by atomic mass is 10.1. The first-order valence-electron chi connectivity index (χ1n) is 8.71. The molecule has 0 atom stereocenters. The van der Waals surface area contributed by atoms with Crippen molar-refractivity contribution in [3.05, 3.63) is 64.1 Å². The lowest BCUT2D eigenvalue weighted by Gasteiger charge is -2.12. The fourth-order valence-electron chi connectivity index (χ4n) is 2.48. The van der Waals surface area contributed by atoms with Gasteiger partial charge < -0.3 is 20.0 Å². The summed E-state index contributed by atoms with van der Waals surface area (Å²) in [6.07, 6.45) is 1.81. The number of aryl methyl sites for hydroxylation is 2. The van der Waals surface area contributed by atoms with Gasteiger partial charge in [0.2, 0.25) is 0 Å². The number of esters is 1. The second-order valence-electron chi connectivity index (χ2n) is 6.24. The smallest absolute Gasteiger partial charge is 0.405 e. The number of carbonyl (C=O) groups excluding carboxylic acids is 2. The summed E-state index contributed by atoms with van der Waals surface area (Å²) in [5.41, 5.74) is 3.26. The number of hydrogen-bond acceptors (Lipinski definition) is 5. The average molecular weight is 372 g/mol. The van der Waals surface area contributed by atoms with Crippen LogP contribution in [0, 0.1) is 26.0 Å². The molecular formula is C20H24N2O5. The topological polar surface area (TPSA) is 91.6 Å². The minimum absolute atomic E-state index is 0.164. The van der Waals surface area contributed by atoms with Crippen LogP contribution in [0.3, 0.4) is 0 Å². The first-order valence-corrected chi connectivity index (χ1v) is 8.71. The first kappa shape index (κ1) is 20.2. The molecule has 1 aromatic heterocycles. The normalized spacial score (nSPS) is 10.3. The third-order valence-electron chi connectivity index (χ3n) is 4.03. The number of benzene rings is 1. The van der Waals surface area contributed by atoms with Gasteiger partial charge in [-0.15, -0.1) is 0 Å². The van der Waals surface area contributed by atoms with E-state index in [4.69, 9.17) is 9.47 Å². The van der Waals surface area contributed by atoms with Crippen molar-refractivity contribution in [3.8, 4) is 5.75 Å². The standard InChI is InChI=1S/C20H24N2O5/c1-14-11-15(2)16(3)18(12-14)26-10-6-8-21-19(23)13-27-20(24)17-7-4-5-9-22(17)25/h4-5,7,9,11-12H,6,8,10,13H2,1-3H3,(H,21,23). The molecule has 2 aromatic rings. The minimum Gasteiger partial charge on any atom is -0.618 e. The average Bonchev–Trinajstić information content (AvgIpc) is 2.63. The van der Waals surface area contributed by atoms with Gasteiger partial charge >= 0.3 is 11.7 Å². The highest BCUT2D eigenvalue weighted by atomic mass is 16.5. The number of amides is 1. The summed E-state index contributed by atoms with van der Waals surface area (Å²) in [6.45, 7) is 6.49. The highest BCUT2D eigenvalue weighted by molar-refractivity contribution is 5.88. The Hall–Kier alpha value is -3.09. The van der Waals surface area contributed by atoms with Gasteiger partial charge in [-0.2, -0.15) is 4.73 Å². The summed E-state index contributed by atoms with van der Waals surface area (Å²) in [5.74, 6) is -0.421. The number of aromatic nitrogens is 1. The van der Waals surface area contributed by atoms with E-state index in [2.05, 4.69) is 11.4 Å². The molecule has 1 heterocycles. The number of carbonyl (C=O) groups is 2. The summed E-state index contributed by atoms with van der Waals surface area (Å²) < 4.78 is 11.0. The molecule has 0 aliphatic carbocycles. The van der Waals surface area contributed by atoms with Crippen molar-refractivity contribution in [1.29, 1.82) is 0 Å². The van der Waals surface area contributed by atoms with Gasteiger partial charge in [-0.3, -0.25) is 4.79 Å². The molecule has 0 saturated carbocycles. The van der Waals surface area contributed by atoms with Crippen LogP contribution in [0.4, 0.5) is 0 Å². The van der Waals surface area contributed by atoms with E-state index in [0.717, 1.165) is 16.9 Å². The van der Waals surface area contributed by atoms with Crippen LogP contribution in [0.25, 0.3) is 0 Å². The Kier molecular flexibility index (Phi) is 7.16. The molecule has 7 heteroatoms. The maximum atomic E-state index is 11.7. The van der Waals surface area contributed by atoms with Gasteiger partial charge in [0, 0.05) is 18.7 Å². The fourth-order valence-corrected chi connectivity index (χ4v) is 2.48. The Morgan fingerprint density at radius 2 is 1.96 bits per heavy atom. The predicted molar refractivity (Wildman–Crippen MR) is 99.5 cm³/mol. The number of nitrogens with zero attached hydrogens (tertiary/aromatic N) is 1. The monoisotopic (exact) mass is 372 g/mol. The van der Waals surface area contributed by atoms with Crippen molar-refractivity contribution in [2.45, 2.75) is 27.2 Å². The molecule has 0 radical (unpaired) electrons. The van der Waals surface area contributed by atoms with E-state index in [-0.39, 0.29) is 5.69 Å². The van der Waals surface area contributed by atoms with Crippen molar-refractivity contribution >= 4 is 11.9 Å². The van der Waals surface area contributed by atoms with Crippen LogP contribution in [0.15, 0.2) is 36.5 Å². The van der Waals surface area contributed by atoms with E-state index in [9.17, 15) is 14.8 Å². The Bertz CT molecular complexity index is 820. The Morgan fingerprint density at radius 3 is 2.70 bits per heavy atom. The van der Waals surface area contributed by atoms with Crippen LogP contribution >= 0.6 is 0 Å². The molecule has 1 amide bonds. The second kappa shape index (κ2) is 9.56. The molecular weight excluding hydrogens is 348 g/mol. The largest absolute Gasteiger partial charge is 0.618 e. The van der Waals surface area contributed by atoms with Crippen LogP contribution in [-0.4, -0.2) is 31.6 Å². The van der Waals surface area contributed by atoms with Gasteiger partial charge in [0.25, 0.3) is 5.91 Å². The molecule has 1 aromatic carbocycles. The highest BCUT2D eigenvalue weighted by Crippen LogP contribution is 2.23. The van der Waals surface area contributed by atoms with Gasteiger partial charge in [0.1, 0.15) is 5.75 Å². The number of nitrogens with one attached hydrogen (secondary N) is 1. The molecule has 0 aliphatic rings. The van der Waals surface area contributed by atoms with E-state index in [1.54, 1.807) is 6.07 Å². The molecule has 1 N–H and O–H groups in total. The Morgan fingerprint density at radius 1 is 1.19 bits per heavy atom. The maximum absolute atomic E-state index is 11.7. The van der Waals surface area contributed by atoms with Crippen molar-refractivity contribution in [3.63, 3.8) is 0 Å². The molecule has 0 bridgehead atoms. The van der Waals surface area contributed by atoms with E-state index in [1.807, 2.05) is 26.8 Å². The lowest BCUT2D eigenvalue weighted by molar-refractivity contribution is -0.608. The predicted octanol–water partition coefficient (Wildman–Crippen LogP) is 1.99. The van der Waals surface area contributed by atoms with E-state index in [1.165, 1.54) is 23.9 Å². The van der Waals surface area contributed by atoms with Gasteiger partial charge in [-0.05, 0) is 56.0 Å². The van der Waals surface area contributed by atoms with E-state index < -0.39 is 18.5 Å². The van der Waals surface area contributed by atoms with Crippen LogP contribution < -0.4 is 14.8 Å². The van der Waals surface area contributed by atoms with Crippen molar-refractivity contribution < 1.29 is 23.8 Å². The lowest BCUT2D eigenvalue weighted by Crippen LogP contribution is -2.36. The summed E-state index contributed by atoms with van der Waals surface area (Å²) in [6, 6.07) is 8.47. The molecule has 0 fully saturated rings. The van der Waals surface area contributed by atoms with Gasteiger partial charge in [0.15, 0.2) is 12.8 Å². The van der Waals surface area contributed by atoms with Crippen molar-refractivity contribution in [2.24, 2.45) is 0 Å². The number of ether oxygens (including phenoxy) is 2. The SMILES string of the molecule is Cc1cc(C)c(C)c(OCCCNC(=O)COC(=O)c2cccc[n+]2[O-])c1. The number of pyridine rings is 1. The van der Waals surface area contributed by atoms with Crippen LogP contribution in [0.5, 0.6) is 5.75 Å². The summed E-state index contributed by atoms with van der Waals surface area (Å²) in [7, 11) is 0. The summed E-state index contributed by atoms with van der Waals surface area (Å²) >= 11 is 0. The van der Waals surface area contributed by atoms with Crippen LogP contribution in [-0.2, 0) is 9.53 Å². The minimum atomic E-state index is -0.839. The molecule has 0 aliphatic heterocycles. The summed E-state index contributed by atoms with van der Waals surface area (Å²) in [4.78, 5) is 23.5. The second-order valence-corrected chi connectivity index (χ2v) is 6.24. The van der Waals surface area contributed by atoms with Crippen molar-refractivity contribution in [1.82, 2.24) is 5.32 Å². The quantitative estimate of drug-likeness (QED) is 0.331. The molecule has 144 valence electrons. The van der Waals surface area contributed by atoms with Crippen LogP contribution in [0.2, 0.25) is 0 Å². The zero-order chi connectivity index (χ0) is 19.8. The zero-order valence-electron chi connectivity index (χ0n) is 15.8. The Balaban J connectivity index is 1.67. The van der Waals surface area contributed by atoms with Gasteiger partial charge in [0.05, 0.1) is 6.61 Å². The molecule has 0 unspecified atom stereocenters. The van der Waals surface area contributed by atoms with Gasteiger partial charge in [-0.25, -0.2) is 4.79 Å². The third kappa shape index (κ3) is 5.99. The zero-order valence-corrected chi connectivity index (χ0v) is 15.8. The van der Waals surface area contributed by atoms with Crippen LogP contribution in [0.1, 0.15) is 33.6 Å². The number of hydrogen-bond donors (Lipinski definition) is 1. The fraction of sp³-hybridized carbons (Fsp3) is 0.350. The van der Waals surface area contributed by atoms with Gasteiger partial charge in [-0.1, -0.05) is 6.07 Å². The third-order valence-corrected chi connectivity index (χ3v) is 4.03. The molecule has 7 nitrogen and oxygen atoms in total. The summed E-state index contributed by atoms with van der Waals surface area (Å²) in [5, 5.41) is 14.1. The maximum Gasteiger partial charge on any atom is 0.405 e. The Labute approximate surface area is 158 Å². The molecule has 0 spiro atoms.